The van der Waals surface area contributed by atoms with Crippen LogP contribution in [0.4, 0.5) is 0 Å². The molecule has 0 atom stereocenters. The minimum atomic E-state index is 0.883. The molecule has 3 heteroatoms. The van der Waals surface area contributed by atoms with Crippen LogP contribution in [0.1, 0.15) is 23.7 Å². The minimum Gasteiger partial charge on any atom is -0.316 e. The van der Waals surface area contributed by atoms with Gasteiger partial charge in [-0.2, -0.15) is 5.10 Å². The maximum Gasteiger partial charge on any atom is 0.0700 e. The van der Waals surface area contributed by atoms with Gasteiger partial charge in [0.1, 0.15) is 0 Å². The van der Waals surface area contributed by atoms with Gasteiger partial charge < -0.3 is 5.32 Å². The summed E-state index contributed by atoms with van der Waals surface area (Å²) in [5.74, 6) is 0. The molecule has 0 aliphatic heterocycles. The lowest BCUT2D eigenvalue weighted by atomic mass is 9.97. The van der Waals surface area contributed by atoms with Crippen LogP contribution in [-0.2, 0) is 20.0 Å². The first kappa shape index (κ1) is 12.8. The topological polar surface area (TPSA) is 29.9 Å². The quantitative estimate of drug-likeness (QED) is 0.894. The minimum absolute atomic E-state index is 0.883. The van der Waals surface area contributed by atoms with Gasteiger partial charge in [0.15, 0.2) is 0 Å². The highest BCUT2D eigenvalue weighted by atomic mass is 15.2. The summed E-state index contributed by atoms with van der Waals surface area (Å²) >= 11 is 0. The van der Waals surface area contributed by atoms with Crippen molar-refractivity contribution in [1.29, 1.82) is 0 Å². The molecule has 0 amide bonds. The highest BCUT2D eigenvalue weighted by Crippen LogP contribution is 2.28. The van der Waals surface area contributed by atoms with Gasteiger partial charge in [-0.1, -0.05) is 30.7 Å². The van der Waals surface area contributed by atoms with E-state index in [-0.39, 0.29) is 0 Å². The van der Waals surface area contributed by atoms with Crippen LogP contribution >= 0.6 is 0 Å². The van der Waals surface area contributed by atoms with Gasteiger partial charge in [0, 0.05) is 25.4 Å². The van der Waals surface area contributed by atoms with Crippen LogP contribution in [0.5, 0.6) is 0 Å². The summed E-state index contributed by atoms with van der Waals surface area (Å²) in [6.45, 7) is 5.17. The van der Waals surface area contributed by atoms with E-state index in [4.69, 9.17) is 0 Å². The second-order valence-electron chi connectivity index (χ2n) is 4.71. The first-order valence-corrected chi connectivity index (χ1v) is 6.42. The molecule has 0 unspecified atom stereocenters. The van der Waals surface area contributed by atoms with Gasteiger partial charge in [0.2, 0.25) is 0 Å². The summed E-state index contributed by atoms with van der Waals surface area (Å²) in [6.07, 6.45) is 3.08. The molecule has 2 rings (SSSR count). The molecule has 0 aliphatic carbocycles. The summed E-state index contributed by atoms with van der Waals surface area (Å²) < 4.78 is 1.90. The highest BCUT2D eigenvalue weighted by molar-refractivity contribution is 5.70. The average Bonchev–Trinajstić information content (AvgIpc) is 2.73. The zero-order valence-corrected chi connectivity index (χ0v) is 11.6. The molecule has 1 aromatic carbocycles. The number of hydrogen-bond donors (Lipinski definition) is 1. The van der Waals surface area contributed by atoms with Crippen molar-refractivity contribution < 1.29 is 0 Å². The average molecular weight is 243 g/mol. The lowest BCUT2D eigenvalue weighted by Gasteiger charge is -2.10. The van der Waals surface area contributed by atoms with Gasteiger partial charge in [0.05, 0.1) is 5.69 Å². The Morgan fingerprint density at radius 3 is 2.72 bits per heavy atom. The molecule has 1 N–H and O–H groups in total. The Kier molecular flexibility index (Phi) is 3.82. The van der Waals surface area contributed by atoms with E-state index in [0.717, 1.165) is 13.0 Å². The third-order valence-corrected chi connectivity index (χ3v) is 3.16. The van der Waals surface area contributed by atoms with Crippen molar-refractivity contribution >= 4 is 0 Å². The first-order chi connectivity index (χ1) is 8.65. The molecule has 0 saturated carbocycles. The highest BCUT2D eigenvalue weighted by Gasteiger charge is 2.12. The largest absolute Gasteiger partial charge is 0.316 e. The van der Waals surface area contributed by atoms with Crippen molar-refractivity contribution in [3.05, 3.63) is 41.2 Å². The van der Waals surface area contributed by atoms with Crippen molar-refractivity contribution in [3.63, 3.8) is 0 Å². The predicted molar refractivity (Wildman–Crippen MR) is 75.5 cm³/mol. The molecule has 0 bridgehead atoms. The number of nitrogens with one attached hydrogen (secondary N) is 1. The first-order valence-electron chi connectivity index (χ1n) is 6.42. The van der Waals surface area contributed by atoms with E-state index < -0.39 is 0 Å². The third-order valence-electron chi connectivity index (χ3n) is 3.16. The molecule has 1 heterocycles. The molecule has 3 nitrogen and oxygen atoms in total. The van der Waals surface area contributed by atoms with E-state index in [1.54, 1.807) is 0 Å². The molecule has 0 fully saturated rings. The molecule has 1 aromatic heterocycles. The van der Waals surface area contributed by atoms with E-state index >= 15 is 0 Å². The molecule has 0 radical (unpaired) electrons. The van der Waals surface area contributed by atoms with Gasteiger partial charge in [-0.15, -0.1) is 0 Å². The van der Waals surface area contributed by atoms with E-state index in [1.165, 1.54) is 27.9 Å². The Labute approximate surface area is 109 Å². The van der Waals surface area contributed by atoms with Crippen molar-refractivity contribution in [2.45, 2.75) is 26.8 Å². The smallest absolute Gasteiger partial charge is 0.0700 e. The number of nitrogens with zero attached hydrogens (tertiary/aromatic N) is 2. The normalized spacial score (nSPS) is 10.9. The Bertz CT molecular complexity index is 541. The van der Waals surface area contributed by atoms with Crippen molar-refractivity contribution in [3.8, 4) is 11.1 Å². The number of benzene rings is 1. The van der Waals surface area contributed by atoms with E-state index in [2.05, 4.69) is 48.7 Å². The predicted octanol–water partition coefficient (Wildman–Crippen LogP) is 2.68. The van der Waals surface area contributed by atoms with Crippen LogP contribution in [0.25, 0.3) is 11.1 Å². The molecule has 96 valence electrons. The van der Waals surface area contributed by atoms with Gasteiger partial charge >= 0.3 is 0 Å². The van der Waals surface area contributed by atoms with Gasteiger partial charge in [-0.25, -0.2) is 0 Å². The lowest BCUT2D eigenvalue weighted by molar-refractivity contribution is 0.746. The summed E-state index contributed by atoms with van der Waals surface area (Å²) in [6, 6.07) is 6.62. The molecule has 0 aliphatic rings. The van der Waals surface area contributed by atoms with Crippen LogP contribution in [0.15, 0.2) is 24.4 Å². The summed E-state index contributed by atoms with van der Waals surface area (Å²) in [7, 11) is 3.96. The number of rotatable bonds is 4. The molecular weight excluding hydrogens is 222 g/mol. The Hall–Kier alpha value is -1.61. The fourth-order valence-corrected chi connectivity index (χ4v) is 2.31. The van der Waals surface area contributed by atoms with Gasteiger partial charge in [0.25, 0.3) is 0 Å². The molecular formula is C15H21N3. The molecule has 0 spiro atoms. The lowest BCUT2D eigenvalue weighted by Crippen LogP contribution is -2.06. The fourth-order valence-electron chi connectivity index (χ4n) is 2.31. The summed E-state index contributed by atoms with van der Waals surface area (Å²) in [5, 5.41) is 7.76. The van der Waals surface area contributed by atoms with Crippen LogP contribution in [0.2, 0.25) is 0 Å². The Morgan fingerprint density at radius 2 is 2.06 bits per heavy atom. The van der Waals surface area contributed by atoms with Crippen LogP contribution in [-0.4, -0.2) is 16.8 Å². The monoisotopic (exact) mass is 243 g/mol. The zero-order valence-electron chi connectivity index (χ0n) is 11.6. The van der Waals surface area contributed by atoms with E-state index in [9.17, 15) is 0 Å². The Balaban J connectivity index is 2.57. The Morgan fingerprint density at radius 1 is 1.28 bits per heavy atom. The zero-order chi connectivity index (χ0) is 13.1. The molecule has 18 heavy (non-hydrogen) atoms. The van der Waals surface area contributed by atoms with E-state index in [0.29, 0.717) is 0 Å². The fraction of sp³-hybridized carbons (Fsp3) is 0.400. The summed E-state index contributed by atoms with van der Waals surface area (Å²) in [4.78, 5) is 0. The molecule has 2 aromatic rings. The van der Waals surface area contributed by atoms with Crippen LogP contribution in [0, 0.1) is 6.92 Å². The third kappa shape index (κ3) is 2.46. The SMILES string of the molecule is CCc1nn(C)cc1-c1cc(C)ccc1CNC. The second kappa shape index (κ2) is 5.36. The molecule has 0 saturated heterocycles. The van der Waals surface area contributed by atoms with Crippen LogP contribution < -0.4 is 5.32 Å². The number of aromatic nitrogens is 2. The number of hydrogen-bond acceptors (Lipinski definition) is 2. The van der Waals surface area contributed by atoms with E-state index in [1.807, 2.05) is 18.8 Å². The van der Waals surface area contributed by atoms with Crippen LogP contribution in [0.3, 0.4) is 0 Å². The van der Waals surface area contributed by atoms with Gasteiger partial charge in [-0.3, -0.25) is 4.68 Å². The van der Waals surface area contributed by atoms with Crippen molar-refractivity contribution in [2.75, 3.05) is 7.05 Å². The maximum absolute atomic E-state index is 4.53. The van der Waals surface area contributed by atoms with Crippen molar-refractivity contribution in [1.82, 2.24) is 15.1 Å². The second-order valence-corrected chi connectivity index (χ2v) is 4.71. The maximum atomic E-state index is 4.53. The van der Waals surface area contributed by atoms with Crippen molar-refractivity contribution in [2.24, 2.45) is 7.05 Å². The standard InChI is InChI=1S/C15H21N3/c1-5-15-14(10-18(4)17-15)13-8-11(2)6-7-12(13)9-16-3/h6-8,10,16H,5,9H2,1-4H3. The number of aryl methyl sites for hydroxylation is 3. The van der Waals surface area contributed by atoms with Gasteiger partial charge in [-0.05, 0) is 31.5 Å². The summed E-state index contributed by atoms with van der Waals surface area (Å²) in [5.41, 5.74) is 6.34.